The van der Waals surface area contributed by atoms with Gasteiger partial charge >= 0.3 is 0 Å². The van der Waals surface area contributed by atoms with E-state index in [2.05, 4.69) is 4.90 Å². The SMILES string of the molecule is CS(=O)(=O)OC[C@H]1CN(Cc2ccccc2)[C@@H](c2ccccc2)[C@@H](COS(C)(=O)=O)O1. The minimum atomic E-state index is -3.68. The van der Waals surface area contributed by atoms with Gasteiger partial charge in [0.25, 0.3) is 20.2 Å². The molecule has 1 aliphatic rings. The first-order valence-corrected chi connectivity index (χ1v) is 13.4. The number of hydrogen-bond donors (Lipinski definition) is 0. The van der Waals surface area contributed by atoms with Crippen molar-refractivity contribution in [3.63, 3.8) is 0 Å². The van der Waals surface area contributed by atoms with Crippen molar-refractivity contribution in [3.8, 4) is 0 Å². The van der Waals surface area contributed by atoms with Crippen LogP contribution in [-0.4, -0.2) is 66.2 Å². The molecule has 2 aromatic carbocycles. The van der Waals surface area contributed by atoms with Crippen LogP contribution in [0.25, 0.3) is 0 Å². The highest BCUT2D eigenvalue weighted by molar-refractivity contribution is 7.86. The molecule has 1 saturated heterocycles. The molecule has 0 radical (unpaired) electrons. The van der Waals surface area contributed by atoms with Crippen molar-refractivity contribution in [3.05, 3.63) is 71.8 Å². The van der Waals surface area contributed by atoms with Crippen LogP contribution in [0.4, 0.5) is 0 Å². The van der Waals surface area contributed by atoms with Crippen molar-refractivity contribution in [1.29, 1.82) is 0 Å². The predicted molar refractivity (Wildman–Crippen MR) is 116 cm³/mol. The topological polar surface area (TPSA) is 99.2 Å². The van der Waals surface area contributed by atoms with E-state index in [4.69, 9.17) is 13.1 Å². The second kappa shape index (κ2) is 10.2. The van der Waals surface area contributed by atoms with Gasteiger partial charge in [0, 0.05) is 13.1 Å². The molecule has 170 valence electrons. The van der Waals surface area contributed by atoms with Gasteiger partial charge in [-0.25, -0.2) is 0 Å². The Balaban J connectivity index is 1.92. The lowest BCUT2D eigenvalue weighted by Crippen LogP contribution is -2.52. The molecule has 10 heteroatoms. The number of rotatable bonds is 9. The first kappa shape index (κ1) is 23.8. The minimum absolute atomic E-state index is 0.166. The van der Waals surface area contributed by atoms with Gasteiger partial charge in [0.2, 0.25) is 0 Å². The number of benzene rings is 2. The lowest BCUT2D eigenvalue weighted by Gasteiger charge is -2.44. The van der Waals surface area contributed by atoms with Gasteiger partial charge < -0.3 is 4.74 Å². The van der Waals surface area contributed by atoms with E-state index in [9.17, 15) is 16.8 Å². The van der Waals surface area contributed by atoms with E-state index in [-0.39, 0.29) is 19.3 Å². The van der Waals surface area contributed by atoms with E-state index in [1.807, 2.05) is 60.7 Å². The number of hydrogen-bond acceptors (Lipinski definition) is 8. The van der Waals surface area contributed by atoms with Gasteiger partial charge in [0.1, 0.15) is 6.10 Å². The molecule has 31 heavy (non-hydrogen) atoms. The summed E-state index contributed by atoms with van der Waals surface area (Å²) >= 11 is 0. The lowest BCUT2D eigenvalue weighted by molar-refractivity contribution is -0.145. The van der Waals surface area contributed by atoms with Crippen molar-refractivity contribution in [2.24, 2.45) is 0 Å². The van der Waals surface area contributed by atoms with Crippen molar-refractivity contribution in [2.45, 2.75) is 24.8 Å². The summed E-state index contributed by atoms with van der Waals surface area (Å²) in [7, 11) is -7.33. The first-order valence-electron chi connectivity index (χ1n) is 9.78. The van der Waals surface area contributed by atoms with Crippen molar-refractivity contribution >= 4 is 20.2 Å². The molecule has 3 rings (SSSR count). The second-order valence-corrected chi connectivity index (χ2v) is 10.8. The molecule has 0 amide bonds. The van der Waals surface area contributed by atoms with Crippen LogP contribution in [0.3, 0.4) is 0 Å². The van der Waals surface area contributed by atoms with Gasteiger partial charge in [-0.05, 0) is 11.1 Å². The van der Waals surface area contributed by atoms with Crippen LogP contribution >= 0.6 is 0 Å². The third kappa shape index (κ3) is 7.67. The Kier molecular flexibility index (Phi) is 7.84. The Morgan fingerprint density at radius 3 is 2.00 bits per heavy atom. The fourth-order valence-electron chi connectivity index (χ4n) is 3.64. The molecule has 0 bridgehead atoms. The molecule has 1 fully saturated rings. The zero-order valence-corrected chi connectivity index (χ0v) is 19.1. The highest BCUT2D eigenvalue weighted by Crippen LogP contribution is 2.33. The van der Waals surface area contributed by atoms with Crippen LogP contribution in [0.5, 0.6) is 0 Å². The average Bonchev–Trinajstić information content (AvgIpc) is 2.71. The maximum atomic E-state index is 11.6. The maximum absolute atomic E-state index is 11.6. The Morgan fingerprint density at radius 2 is 1.42 bits per heavy atom. The summed E-state index contributed by atoms with van der Waals surface area (Å²) in [5.74, 6) is 0. The van der Waals surface area contributed by atoms with Gasteiger partial charge in [-0.3, -0.25) is 13.3 Å². The summed E-state index contributed by atoms with van der Waals surface area (Å²) in [6.07, 6.45) is 0.739. The molecule has 1 aliphatic heterocycles. The van der Waals surface area contributed by atoms with Crippen molar-refractivity contribution in [1.82, 2.24) is 4.90 Å². The van der Waals surface area contributed by atoms with Crippen LogP contribution in [0.15, 0.2) is 60.7 Å². The third-order valence-electron chi connectivity index (χ3n) is 4.83. The van der Waals surface area contributed by atoms with Crippen LogP contribution in [0.1, 0.15) is 17.2 Å². The quantitative estimate of drug-likeness (QED) is 0.514. The van der Waals surface area contributed by atoms with Gasteiger partial charge in [0.05, 0.1) is 37.9 Å². The Morgan fingerprint density at radius 1 is 0.871 bits per heavy atom. The predicted octanol–water partition coefficient (Wildman–Crippen LogP) is 1.95. The second-order valence-electron chi connectivity index (χ2n) is 7.54. The third-order valence-corrected chi connectivity index (χ3v) is 5.96. The summed E-state index contributed by atoms with van der Waals surface area (Å²) in [5, 5.41) is 0. The summed E-state index contributed by atoms with van der Waals surface area (Å²) in [6, 6.07) is 19.2. The van der Waals surface area contributed by atoms with E-state index < -0.39 is 32.4 Å². The number of ether oxygens (including phenoxy) is 1. The van der Waals surface area contributed by atoms with Crippen LogP contribution in [0, 0.1) is 0 Å². The summed E-state index contributed by atoms with van der Waals surface area (Å²) < 4.78 is 62.3. The largest absolute Gasteiger partial charge is 0.367 e. The molecule has 0 aliphatic carbocycles. The average molecular weight is 470 g/mol. The standard InChI is InChI=1S/C21H27NO7S2/c1-30(23,24)27-15-19-14-22(13-17-9-5-3-6-10-17)21(18-11-7-4-8-12-18)20(29-19)16-28-31(2,25)26/h3-12,19-21H,13-16H2,1-2H3/t19-,20-,21+/m1/s1. The van der Waals surface area contributed by atoms with E-state index in [0.29, 0.717) is 13.1 Å². The smallest absolute Gasteiger partial charge is 0.264 e. The fourth-order valence-corrected chi connectivity index (χ4v) is 4.42. The molecule has 2 aromatic rings. The highest BCUT2D eigenvalue weighted by atomic mass is 32.2. The summed E-state index contributed by atoms with van der Waals surface area (Å²) in [6.45, 7) is 0.605. The Bertz CT molecular complexity index is 1040. The van der Waals surface area contributed by atoms with Crippen molar-refractivity contribution in [2.75, 3.05) is 32.3 Å². The first-order chi connectivity index (χ1) is 14.6. The van der Waals surface area contributed by atoms with E-state index in [1.165, 1.54) is 0 Å². The molecule has 0 aromatic heterocycles. The molecular weight excluding hydrogens is 442 g/mol. The van der Waals surface area contributed by atoms with Crippen LogP contribution in [0.2, 0.25) is 0 Å². The number of nitrogens with zero attached hydrogens (tertiary/aromatic N) is 1. The molecular formula is C21H27NO7S2. The monoisotopic (exact) mass is 469 g/mol. The number of morpholine rings is 1. The van der Waals surface area contributed by atoms with Gasteiger partial charge in [0.15, 0.2) is 0 Å². The summed E-state index contributed by atoms with van der Waals surface area (Å²) in [4.78, 5) is 2.14. The molecule has 0 spiro atoms. The summed E-state index contributed by atoms with van der Waals surface area (Å²) in [5.41, 5.74) is 2.01. The minimum Gasteiger partial charge on any atom is -0.367 e. The normalized spacial score (nSPS) is 23.0. The van der Waals surface area contributed by atoms with Gasteiger partial charge in [-0.1, -0.05) is 60.7 Å². The van der Waals surface area contributed by atoms with E-state index in [0.717, 1.165) is 23.6 Å². The maximum Gasteiger partial charge on any atom is 0.264 e. The molecule has 8 nitrogen and oxygen atoms in total. The fraction of sp³-hybridized carbons (Fsp3) is 0.429. The van der Waals surface area contributed by atoms with E-state index >= 15 is 0 Å². The Hall–Kier alpha value is -1.82. The molecule has 0 unspecified atom stereocenters. The van der Waals surface area contributed by atoms with Crippen LogP contribution < -0.4 is 0 Å². The molecule has 3 atom stereocenters. The van der Waals surface area contributed by atoms with E-state index in [1.54, 1.807) is 0 Å². The Labute approximate surface area is 184 Å². The molecule has 1 heterocycles. The van der Waals surface area contributed by atoms with Gasteiger partial charge in [-0.15, -0.1) is 0 Å². The van der Waals surface area contributed by atoms with Crippen molar-refractivity contribution < 1.29 is 29.9 Å². The molecule has 0 N–H and O–H groups in total. The zero-order valence-electron chi connectivity index (χ0n) is 17.5. The lowest BCUT2D eigenvalue weighted by atomic mass is 9.96. The van der Waals surface area contributed by atoms with Crippen LogP contribution in [-0.2, 0) is 39.9 Å². The highest BCUT2D eigenvalue weighted by Gasteiger charge is 2.39. The van der Waals surface area contributed by atoms with Gasteiger partial charge in [-0.2, -0.15) is 16.8 Å². The molecule has 0 saturated carbocycles. The zero-order chi connectivity index (χ0) is 22.5.